The molecular weight excluding hydrogens is 382 g/mol. The molecule has 1 aromatic carbocycles. The van der Waals surface area contributed by atoms with E-state index in [2.05, 4.69) is 10.3 Å². The molecule has 2 fully saturated rings. The molecule has 0 radical (unpaired) electrons. The standard InChI is InChI=1S/C20H22F2N4O3/c1-25-18(15-8-13(22)10-26(15)14-6-7-14)24-16(17(27)20(25)29)19(28)23-9-11-2-4-12(21)5-3-11/h2-5,13-15,27H,6-10H2,1H3,(H,23,28)/t13-,15-/m0/s1. The number of likely N-dealkylation sites (tertiary alicyclic amines) is 1. The number of carbonyl (C=O) groups is 1. The lowest BCUT2D eigenvalue weighted by atomic mass is 10.1. The first-order valence-corrected chi connectivity index (χ1v) is 9.57. The summed E-state index contributed by atoms with van der Waals surface area (Å²) in [4.78, 5) is 31.3. The first kappa shape index (κ1) is 19.5. The molecule has 1 aromatic heterocycles. The van der Waals surface area contributed by atoms with Crippen LogP contribution in [-0.2, 0) is 13.6 Å². The summed E-state index contributed by atoms with van der Waals surface area (Å²) >= 11 is 0. The number of amides is 1. The fraction of sp³-hybridized carbons (Fsp3) is 0.450. The molecular formula is C20H22F2N4O3. The maximum atomic E-state index is 14.1. The second-order valence-electron chi connectivity index (χ2n) is 7.62. The Morgan fingerprint density at radius 1 is 1.31 bits per heavy atom. The highest BCUT2D eigenvalue weighted by Crippen LogP contribution is 2.41. The van der Waals surface area contributed by atoms with E-state index in [1.165, 1.54) is 35.9 Å². The number of hydrogen-bond donors (Lipinski definition) is 2. The second kappa shape index (κ2) is 7.55. The minimum Gasteiger partial charge on any atom is -0.501 e. The predicted octanol–water partition coefficient (Wildman–Crippen LogP) is 1.80. The molecule has 7 nitrogen and oxygen atoms in total. The van der Waals surface area contributed by atoms with Crippen LogP contribution in [-0.4, -0.2) is 44.2 Å². The third-order valence-corrected chi connectivity index (χ3v) is 5.49. The van der Waals surface area contributed by atoms with Crippen molar-refractivity contribution >= 4 is 5.91 Å². The molecule has 9 heteroatoms. The molecule has 0 unspecified atom stereocenters. The summed E-state index contributed by atoms with van der Waals surface area (Å²) in [5.74, 6) is -1.59. The minimum atomic E-state index is -1.03. The second-order valence-corrected chi connectivity index (χ2v) is 7.62. The van der Waals surface area contributed by atoms with E-state index < -0.39 is 35.2 Å². The number of nitrogens with one attached hydrogen (secondary N) is 1. The highest BCUT2D eigenvalue weighted by molar-refractivity contribution is 5.94. The van der Waals surface area contributed by atoms with Gasteiger partial charge in [-0.25, -0.2) is 13.8 Å². The molecule has 4 rings (SSSR count). The average Bonchev–Trinajstić information content (AvgIpc) is 3.48. The molecule has 2 heterocycles. The Balaban J connectivity index is 1.61. The van der Waals surface area contributed by atoms with E-state index in [-0.39, 0.29) is 37.1 Å². The molecule has 29 heavy (non-hydrogen) atoms. The molecule has 2 atom stereocenters. The lowest BCUT2D eigenvalue weighted by molar-refractivity contribution is 0.0941. The van der Waals surface area contributed by atoms with Crippen molar-refractivity contribution in [2.75, 3.05) is 6.54 Å². The highest BCUT2D eigenvalue weighted by atomic mass is 19.1. The average molecular weight is 404 g/mol. The van der Waals surface area contributed by atoms with Gasteiger partial charge in [-0.05, 0) is 30.5 Å². The van der Waals surface area contributed by atoms with Crippen LogP contribution in [0.3, 0.4) is 0 Å². The van der Waals surface area contributed by atoms with Crippen molar-refractivity contribution in [2.24, 2.45) is 7.05 Å². The van der Waals surface area contributed by atoms with E-state index in [0.717, 1.165) is 12.8 Å². The van der Waals surface area contributed by atoms with Crippen LogP contribution in [0.4, 0.5) is 8.78 Å². The summed E-state index contributed by atoms with van der Waals surface area (Å²) in [5.41, 5.74) is -0.484. The fourth-order valence-corrected chi connectivity index (χ4v) is 3.80. The maximum Gasteiger partial charge on any atom is 0.296 e. The molecule has 154 valence electrons. The van der Waals surface area contributed by atoms with Gasteiger partial charge in [0.1, 0.15) is 17.8 Å². The lowest BCUT2D eigenvalue weighted by Gasteiger charge is -2.25. The fourth-order valence-electron chi connectivity index (χ4n) is 3.80. The molecule has 2 aromatic rings. The smallest absolute Gasteiger partial charge is 0.296 e. The van der Waals surface area contributed by atoms with Crippen molar-refractivity contribution in [3.63, 3.8) is 0 Å². The molecule has 1 saturated carbocycles. The number of aromatic hydroxyl groups is 1. The van der Waals surface area contributed by atoms with E-state index in [4.69, 9.17) is 0 Å². The van der Waals surface area contributed by atoms with E-state index in [1.807, 2.05) is 4.90 Å². The Morgan fingerprint density at radius 2 is 2.00 bits per heavy atom. The van der Waals surface area contributed by atoms with Crippen LogP contribution in [0, 0.1) is 5.82 Å². The topological polar surface area (TPSA) is 87.5 Å². The number of halogens is 2. The molecule has 1 amide bonds. The molecule has 0 spiro atoms. The van der Waals surface area contributed by atoms with Crippen molar-refractivity contribution < 1.29 is 18.7 Å². The SMILES string of the molecule is Cn1c([C@@H]2C[C@H](F)CN2C2CC2)nc(C(=O)NCc2ccc(F)cc2)c(O)c1=O. The Kier molecular flexibility index (Phi) is 5.08. The van der Waals surface area contributed by atoms with Gasteiger partial charge in [0, 0.05) is 32.6 Å². The molecule has 0 bridgehead atoms. The Bertz CT molecular complexity index is 988. The zero-order chi connectivity index (χ0) is 20.7. The van der Waals surface area contributed by atoms with E-state index in [9.17, 15) is 23.5 Å². The van der Waals surface area contributed by atoms with Crippen LogP contribution >= 0.6 is 0 Å². The summed E-state index contributed by atoms with van der Waals surface area (Å²) < 4.78 is 28.3. The number of rotatable bonds is 5. The van der Waals surface area contributed by atoms with Crippen molar-refractivity contribution in [2.45, 2.75) is 44.1 Å². The van der Waals surface area contributed by atoms with E-state index in [1.54, 1.807) is 0 Å². The third kappa shape index (κ3) is 3.87. The predicted molar refractivity (Wildman–Crippen MR) is 101 cm³/mol. The zero-order valence-electron chi connectivity index (χ0n) is 15.9. The molecule has 1 saturated heterocycles. The number of alkyl halides is 1. The Hall–Kier alpha value is -2.81. The maximum absolute atomic E-state index is 14.1. The number of carbonyl (C=O) groups excluding carboxylic acids is 1. The van der Waals surface area contributed by atoms with Gasteiger partial charge in [-0.15, -0.1) is 0 Å². The molecule has 2 N–H and O–H groups in total. The van der Waals surface area contributed by atoms with Crippen molar-refractivity contribution in [1.82, 2.24) is 19.8 Å². The van der Waals surface area contributed by atoms with Gasteiger partial charge in [-0.1, -0.05) is 12.1 Å². The van der Waals surface area contributed by atoms with Gasteiger partial charge in [-0.3, -0.25) is 19.1 Å². The zero-order valence-corrected chi connectivity index (χ0v) is 15.9. The molecule has 2 aliphatic rings. The van der Waals surface area contributed by atoms with Gasteiger partial charge in [0.15, 0.2) is 5.69 Å². The first-order valence-electron chi connectivity index (χ1n) is 9.57. The molecule has 1 aliphatic carbocycles. The van der Waals surface area contributed by atoms with Crippen molar-refractivity contribution in [3.8, 4) is 5.75 Å². The number of aromatic nitrogens is 2. The van der Waals surface area contributed by atoms with Crippen LogP contribution in [0.1, 0.15) is 47.2 Å². The Morgan fingerprint density at radius 3 is 2.66 bits per heavy atom. The molecule has 1 aliphatic heterocycles. The summed E-state index contributed by atoms with van der Waals surface area (Å²) in [6.45, 7) is 0.354. The van der Waals surface area contributed by atoms with Crippen LogP contribution in [0.5, 0.6) is 5.75 Å². The summed E-state index contributed by atoms with van der Waals surface area (Å²) in [7, 11) is 1.46. The van der Waals surface area contributed by atoms with Gasteiger partial charge in [-0.2, -0.15) is 0 Å². The van der Waals surface area contributed by atoms with Crippen molar-refractivity contribution in [1.29, 1.82) is 0 Å². The monoisotopic (exact) mass is 404 g/mol. The normalized spacial score (nSPS) is 22.0. The van der Waals surface area contributed by atoms with Gasteiger partial charge in [0.05, 0.1) is 6.04 Å². The Labute approximate surface area is 166 Å². The lowest BCUT2D eigenvalue weighted by Crippen LogP contribution is -2.34. The minimum absolute atomic E-state index is 0.0783. The summed E-state index contributed by atoms with van der Waals surface area (Å²) in [5, 5.41) is 12.8. The van der Waals surface area contributed by atoms with E-state index >= 15 is 0 Å². The van der Waals surface area contributed by atoms with Crippen LogP contribution in [0.25, 0.3) is 0 Å². The summed E-state index contributed by atoms with van der Waals surface area (Å²) in [6.07, 6.45) is 1.11. The third-order valence-electron chi connectivity index (χ3n) is 5.49. The van der Waals surface area contributed by atoms with E-state index in [0.29, 0.717) is 5.56 Å². The number of hydrogen-bond acceptors (Lipinski definition) is 5. The quantitative estimate of drug-likeness (QED) is 0.794. The highest BCUT2D eigenvalue weighted by Gasteiger charge is 2.43. The van der Waals surface area contributed by atoms with Gasteiger partial charge in [0.2, 0.25) is 5.75 Å². The summed E-state index contributed by atoms with van der Waals surface area (Å²) in [6, 6.07) is 5.43. The van der Waals surface area contributed by atoms with Crippen LogP contribution in [0.15, 0.2) is 29.1 Å². The van der Waals surface area contributed by atoms with Crippen LogP contribution in [0.2, 0.25) is 0 Å². The number of benzene rings is 1. The van der Waals surface area contributed by atoms with Crippen molar-refractivity contribution in [3.05, 3.63) is 57.5 Å². The van der Waals surface area contributed by atoms with Gasteiger partial charge >= 0.3 is 0 Å². The first-order chi connectivity index (χ1) is 13.8. The largest absolute Gasteiger partial charge is 0.501 e. The van der Waals surface area contributed by atoms with Gasteiger partial charge in [0.25, 0.3) is 11.5 Å². The van der Waals surface area contributed by atoms with Crippen LogP contribution < -0.4 is 10.9 Å². The number of nitrogens with zero attached hydrogens (tertiary/aromatic N) is 3. The van der Waals surface area contributed by atoms with Gasteiger partial charge < -0.3 is 10.4 Å².